The molecule has 1 aliphatic heterocycles. The van der Waals surface area contributed by atoms with Crippen molar-refractivity contribution < 1.29 is 8.42 Å². The van der Waals surface area contributed by atoms with Gasteiger partial charge in [0.25, 0.3) is 0 Å². The Bertz CT molecular complexity index is 378. The Kier molecular flexibility index (Phi) is 1.95. The van der Waals surface area contributed by atoms with Gasteiger partial charge in [-0.15, -0.1) is 0 Å². The minimum Gasteiger partial charge on any atom is -0.372 e. The van der Waals surface area contributed by atoms with Gasteiger partial charge >= 0.3 is 0 Å². The van der Waals surface area contributed by atoms with Crippen molar-refractivity contribution in [3.8, 4) is 0 Å². The lowest BCUT2D eigenvalue weighted by molar-refractivity contribution is 0.577. The minimum absolute atomic E-state index is 0.389. The van der Waals surface area contributed by atoms with E-state index < -0.39 is 9.84 Å². The quantitative estimate of drug-likeness (QED) is 0.684. The molecule has 0 saturated heterocycles. The van der Waals surface area contributed by atoms with Crippen molar-refractivity contribution in [3.63, 3.8) is 0 Å². The van der Waals surface area contributed by atoms with Crippen LogP contribution < -0.4 is 5.32 Å². The zero-order valence-electron chi connectivity index (χ0n) is 7.58. The van der Waals surface area contributed by atoms with E-state index in [1.54, 1.807) is 0 Å². The summed E-state index contributed by atoms with van der Waals surface area (Å²) in [6, 6.07) is 0. The molecule has 0 aromatic carbocycles. The second-order valence-corrected chi connectivity index (χ2v) is 5.84. The first-order valence-corrected chi connectivity index (χ1v) is 6.37. The zero-order chi connectivity index (χ0) is 9.47. The van der Waals surface area contributed by atoms with Crippen LogP contribution in [-0.2, 0) is 9.84 Å². The van der Waals surface area contributed by atoms with Crippen molar-refractivity contribution >= 4 is 9.84 Å². The van der Waals surface area contributed by atoms with Crippen LogP contribution in [0.2, 0.25) is 0 Å². The van der Waals surface area contributed by atoms with Gasteiger partial charge in [0.1, 0.15) is 5.37 Å². The minimum atomic E-state index is -2.95. The molecule has 1 atom stereocenters. The van der Waals surface area contributed by atoms with Crippen molar-refractivity contribution in [2.24, 2.45) is 0 Å². The molecule has 13 heavy (non-hydrogen) atoms. The second-order valence-electron chi connectivity index (χ2n) is 3.61. The van der Waals surface area contributed by atoms with E-state index in [0.29, 0.717) is 6.42 Å². The highest BCUT2D eigenvalue weighted by molar-refractivity contribution is 7.91. The maximum Gasteiger partial charge on any atom is 0.168 e. The molecule has 0 fully saturated rings. The number of hydrogen-bond acceptors (Lipinski definition) is 3. The highest BCUT2D eigenvalue weighted by Gasteiger charge is 2.29. The fourth-order valence-corrected chi connectivity index (χ4v) is 2.61. The van der Waals surface area contributed by atoms with Crippen LogP contribution in [0.5, 0.6) is 0 Å². The van der Waals surface area contributed by atoms with Crippen LogP contribution in [0.25, 0.3) is 0 Å². The van der Waals surface area contributed by atoms with Gasteiger partial charge in [0, 0.05) is 18.4 Å². The molecule has 0 bridgehead atoms. The smallest absolute Gasteiger partial charge is 0.168 e. The van der Waals surface area contributed by atoms with Crippen LogP contribution in [0, 0.1) is 0 Å². The number of allylic oxidation sites excluding steroid dienone is 3. The average Bonchev–Trinajstić information content (AvgIpc) is 2.45. The summed E-state index contributed by atoms with van der Waals surface area (Å²) in [6.07, 6.45) is 8.03. The summed E-state index contributed by atoms with van der Waals surface area (Å²) in [5.41, 5.74) is 2.29. The molecule has 0 radical (unpaired) electrons. The van der Waals surface area contributed by atoms with Crippen molar-refractivity contribution in [2.45, 2.75) is 24.6 Å². The highest BCUT2D eigenvalue weighted by Crippen LogP contribution is 2.28. The van der Waals surface area contributed by atoms with Crippen LogP contribution >= 0.6 is 0 Å². The van der Waals surface area contributed by atoms with E-state index in [-0.39, 0.29) is 5.37 Å². The monoisotopic (exact) mass is 199 g/mol. The Labute approximate surface area is 78.4 Å². The molecular weight excluding hydrogens is 186 g/mol. The Balaban J connectivity index is 2.20. The molecule has 0 saturated carbocycles. The number of sulfone groups is 1. The average molecular weight is 199 g/mol. The lowest BCUT2D eigenvalue weighted by Crippen LogP contribution is -2.30. The van der Waals surface area contributed by atoms with E-state index in [4.69, 9.17) is 0 Å². The third kappa shape index (κ3) is 1.63. The van der Waals surface area contributed by atoms with Gasteiger partial charge in [0.15, 0.2) is 9.84 Å². The molecule has 2 aliphatic rings. The Morgan fingerprint density at radius 3 is 2.92 bits per heavy atom. The molecule has 0 aromatic heterocycles. The molecule has 1 N–H and O–H groups in total. The van der Waals surface area contributed by atoms with Gasteiger partial charge in [-0.3, -0.25) is 0 Å². The summed E-state index contributed by atoms with van der Waals surface area (Å²) in [4.78, 5) is 0. The van der Waals surface area contributed by atoms with Crippen LogP contribution in [0.1, 0.15) is 19.3 Å². The fourth-order valence-electron chi connectivity index (χ4n) is 1.77. The van der Waals surface area contributed by atoms with E-state index in [0.717, 1.165) is 18.5 Å². The Morgan fingerprint density at radius 2 is 2.31 bits per heavy atom. The standard InChI is InChI=1S/C9H13NO2S/c1-13(11,12)9-6-7-4-2-3-5-8(7)10-9/h2,4,9-10H,3,5-6H2,1H3/t9-/m0/s1. The van der Waals surface area contributed by atoms with Gasteiger partial charge in [-0.25, -0.2) is 8.42 Å². The van der Waals surface area contributed by atoms with Gasteiger partial charge in [-0.05, 0) is 18.4 Å². The van der Waals surface area contributed by atoms with E-state index in [2.05, 4.69) is 11.4 Å². The zero-order valence-corrected chi connectivity index (χ0v) is 8.39. The first kappa shape index (κ1) is 8.81. The Hall–Kier alpha value is -0.770. The number of hydrogen-bond donors (Lipinski definition) is 1. The SMILES string of the molecule is CS(=O)(=O)[C@H]1CC2=C(CCC=C2)N1. The van der Waals surface area contributed by atoms with Crippen molar-refractivity contribution in [2.75, 3.05) is 6.26 Å². The molecule has 0 amide bonds. The predicted octanol–water partition coefficient (Wildman–Crippen LogP) is 0.954. The first-order valence-electron chi connectivity index (χ1n) is 4.41. The highest BCUT2D eigenvalue weighted by atomic mass is 32.2. The molecule has 1 aliphatic carbocycles. The predicted molar refractivity (Wildman–Crippen MR) is 51.8 cm³/mol. The summed E-state index contributed by atoms with van der Waals surface area (Å²) in [7, 11) is -2.95. The molecular formula is C9H13NO2S. The second kappa shape index (κ2) is 2.87. The fraction of sp³-hybridized carbons (Fsp3) is 0.556. The van der Waals surface area contributed by atoms with Crippen LogP contribution in [0.4, 0.5) is 0 Å². The maximum atomic E-state index is 11.3. The third-order valence-corrected chi connectivity index (χ3v) is 3.84. The van der Waals surface area contributed by atoms with E-state index in [1.807, 2.05) is 6.08 Å². The van der Waals surface area contributed by atoms with E-state index >= 15 is 0 Å². The van der Waals surface area contributed by atoms with E-state index in [1.165, 1.54) is 11.8 Å². The third-order valence-electron chi connectivity index (χ3n) is 2.53. The first-order chi connectivity index (χ1) is 6.07. The molecule has 0 spiro atoms. The Morgan fingerprint density at radius 1 is 1.54 bits per heavy atom. The van der Waals surface area contributed by atoms with E-state index in [9.17, 15) is 8.42 Å². The van der Waals surface area contributed by atoms with Gasteiger partial charge in [0.05, 0.1) is 0 Å². The largest absolute Gasteiger partial charge is 0.372 e. The summed E-state index contributed by atoms with van der Waals surface area (Å²) >= 11 is 0. The van der Waals surface area contributed by atoms with Crippen molar-refractivity contribution in [3.05, 3.63) is 23.4 Å². The molecule has 0 aromatic rings. The van der Waals surface area contributed by atoms with Gasteiger partial charge < -0.3 is 5.32 Å². The summed E-state index contributed by atoms with van der Waals surface area (Å²) < 4.78 is 22.5. The lowest BCUT2D eigenvalue weighted by Gasteiger charge is -2.11. The molecule has 1 heterocycles. The van der Waals surface area contributed by atoms with Crippen LogP contribution in [-0.4, -0.2) is 20.0 Å². The van der Waals surface area contributed by atoms with Crippen LogP contribution in [0.15, 0.2) is 23.4 Å². The van der Waals surface area contributed by atoms with Crippen LogP contribution in [0.3, 0.4) is 0 Å². The molecule has 2 rings (SSSR count). The molecule has 0 unspecified atom stereocenters. The molecule has 4 heteroatoms. The van der Waals surface area contributed by atoms with Crippen molar-refractivity contribution in [1.82, 2.24) is 5.32 Å². The van der Waals surface area contributed by atoms with Gasteiger partial charge in [-0.1, -0.05) is 12.2 Å². The maximum absolute atomic E-state index is 11.3. The normalized spacial score (nSPS) is 27.3. The van der Waals surface area contributed by atoms with Gasteiger partial charge in [-0.2, -0.15) is 0 Å². The lowest BCUT2D eigenvalue weighted by atomic mass is 10.0. The summed E-state index contributed by atoms with van der Waals surface area (Å²) in [5.74, 6) is 0. The number of rotatable bonds is 1. The number of nitrogens with one attached hydrogen (secondary N) is 1. The summed E-state index contributed by atoms with van der Waals surface area (Å²) in [6.45, 7) is 0. The van der Waals surface area contributed by atoms with Crippen molar-refractivity contribution in [1.29, 1.82) is 0 Å². The molecule has 3 nitrogen and oxygen atoms in total. The van der Waals surface area contributed by atoms with Gasteiger partial charge in [0.2, 0.25) is 0 Å². The topological polar surface area (TPSA) is 46.2 Å². The molecule has 72 valence electrons. The summed E-state index contributed by atoms with van der Waals surface area (Å²) in [5, 5.41) is 2.68.